The number of benzene rings is 2. The molecule has 0 saturated heterocycles. The molecule has 7 heteroatoms. The van der Waals surface area contributed by atoms with Crippen LogP contribution in [0.5, 0.6) is 0 Å². The number of hydrogen-bond acceptors (Lipinski definition) is 7. The van der Waals surface area contributed by atoms with Gasteiger partial charge < -0.3 is 19.3 Å². The third-order valence-corrected chi connectivity index (χ3v) is 6.91. The van der Waals surface area contributed by atoms with Crippen molar-refractivity contribution in [1.82, 2.24) is 5.32 Å². The fourth-order valence-corrected chi connectivity index (χ4v) is 4.68. The van der Waals surface area contributed by atoms with Crippen LogP contribution in [0.1, 0.15) is 58.9 Å². The summed E-state index contributed by atoms with van der Waals surface area (Å²) in [4.78, 5) is 11.9. The van der Waals surface area contributed by atoms with E-state index in [4.69, 9.17) is 14.1 Å². The third-order valence-electron chi connectivity index (χ3n) is 6.66. The zero-order chi connectivity index (χ0) is 23.0. The van der Waals surface area contributed by atoms with Crippen molar-refractivity contribution in [2.45, 2.75) is 38.8 Å². The number of nitrogens with two attached hydrogens (primary N) is 1. The number of carbonyl (C=O) groups is 1. The molecule has 1 aliphatic carbocycles. The van der Waals surface area contributed by atoms with Crippen LogP contribution in [0.25, 0.3) is 5.57 Å². The van der Waals surface area contributed by atoms with Gasteiger partial charge in [0, 0.05) is 13.0 Å². The van der Waals surface area contributed by atoms with Gasteiger partial charge >= 0.3 is 5.97 Å². The number of carbonyl (C=O) groups excluding carboxylic acids is 1. The van der Waals surface area contributed by atoms with Crippen LogP contribution in [0.15, 0.2) is 60.0 Å². The first-order chi connectivity index (χ1) is 15.4. The smallest absolute Gasteiger partial charge is 0.351 e. The summed E-state index contributed by atoms with van der Waals surface area (Å²) in [5.74, 6) is -0.0843. The van der Waals surface area contributed by atoms with Gasteiger partial charge in [0.15, 0.2) is 0 Å². The molecule has 0 bridgehead atoms. The Morgan fingerprint density at radius 1 is 1.28 bits per heavy atom. The summed E-state index contributed by atoms with van der Waals surface area (Å²) >= 11 is 0.529. The summed E-state index contributed by atoms with van der Waals surface area (Å²) in [7, 11) is 1.72. The molecule has 6 nitrogen and oxygen atoms in total. The first-order valence-electron chi connectivity index (χ1n) is 10.5. The van der Waals surface area contributed by atoms with Crippen LogP contribution in [-0.4, -0.2) is 18.2 Å². The van der Waals surface area contributed by atoms with Gasteiger partial charge in [-0.1, -0.05) is 42.5 Å². The Balaban J connectivity index is 1.52. The molecule has 1 aliphatic heterocycles. The molecule has 0 amide bonds. The van der Waals surface area contributed by atoms with E-state index in [1.54, 1.807) is 13.2 Å². The average molecular weight is 453 g/mol. The van der Waals surface area contributed by atoms with Crippen molar-refractivity contribution in [3.63, 3.8) is 0 Å². The largest absolute Gasteiger partial charge is 0.508 e. The summed E-state index contributed by atoms with van der Waals surface area (Å²) in [6, 6.07) is 13.5. The first kappa shape index (κ1) is 22.5. The second-order valence-electron chi connectivity index (χ2n) is 8.32. The molecule has 168 valence electrons. The van der Waals surface area contributed by atoms with Gasteiger partial charge in [-0.2, -0.15) is 0 Å². The van der Waals surface area contributed by atoms with Crippen molar-refractivity contribution in [1.29, 1.82) is 0 Å². The van der Waals surface area contributed by atoms with Gasteiger partial charge in [-0.15, -0.1) is 0 Å². The number of aliphatic hydroxyl groups is 1. The van der Waals surface area contributed by atoms with E-state index in [0.717, 1.165) is 28.8 Å². The number of rotatable bonds is 7. The molecule has 0 radical (unpaired) electrons. The molecule has 2 aromatic carbocycles. The highest BCUT2D eigenvalue weighted by Crippen LogP contribution is 2.60. The van der Waals surface area contributed by atoms with Gasteiger partial charge in [-0.05, 0) is 61.1 Å². The normalized spacial score (nSPS) is 24.6. The van der Waals surface area contributed by atoms with Gasteiger partial charge in [0.2, 0.25) is 0 Å². The van der Waals surface area contributed by atoms with Crippen LogP contribution in [-0.2, 0) is 14.5 Å². The SMILES string of the molecule is C/C=C(\C)c1ccc(C2(OC)CC2C2=C(O)[C@H](c3ccc(C(=O)OSN)c(C)c3)N2)cc1. The molecular weight excluding hydrogens is 424 g/mol. The van der Waals surface area contributed by atoms with Gasteiger partial charge in [0.25, 0.3) is 0 Å². The van der Waals surface area contributed by atoms with Crippen molar-refractivity contribution in [2.75, 3.05) is 7.11 Å². The van der Waals surface area contributed by atoms with Crippen LogP contribution in [0.3, 0.4) is 0 Å². The molecule has 32 heavy (non-hydrogen) atoms. The monoisotopic (exact) mass is 452 g/mol. The van der Waals surface area contributed by atoms with Crippen molar-refractivity contribution in [2.24, 2.45) is 11.1 Å². The third kappa shape index (κ3) is 3.70. The highest BCUT2D eigenvalue weighted by atomic mass is 32.2. The van der Waals surface area contributed by atoms with Crippen LogP contribution in [0.2, 0.25) is 0 Å². The number of ether oxygens (including phenoxy) is 1. The van der Waals surface area contributed by atoms with Crippen molar-refractivity contribution in [3.8, 4) is 0 Å². The van der Waals surface area contributed by atoms with Gasteiger partial charge in [0.05, 0.1) is 11.3 Å². The molecule has 4 rings (SSSR count). The lowest BCUT2D eigenvalue weighted by Crippen LogP contribution is -2.37. The standard InChI is InChI=1S/C25H28N2O4S/c1-5-14(2)16-6-9-18(10-7-16)25(30-4)13-20(25)22-23(28)21(27-22)17-8-11-19(15(3)12-17)24(29)31-32-26/h5-12,20-21,27-28H,13,26H2,1-4H3/b14-5+/t20?,21-,25?/m0/s1. The fraction of sp³-hybridized carbons (Fsp3) is 0.320. The minimum absolute atomic E-state index is 0.0781. The zero-order valence-corrected chi connectivity index (χ0v) is 19.5. The minimum Gasteiger partial charge on any atom is -0.508 e. The van der Waals surface area contributed by atoms with Crippen LogP contribution in [0, 0.1) is 12.8 Å². The highest BCUT2D eigenvalue weighted by Gasteiger charge is 2.61. The molecule has 1 fully saturated rings. The lowest BCUT2D eigenvalue weighted by atomic mass is 9.91. The van der Waals surface area contributed by atoms with Crippen molar-refractivity contribution in [3.05, 3.63) is 87.8 Å². The average Bonchev–Trinajstić information content (AvgIpc) is 3.52. The lowest BCUT2D eigenvalue weighted by Gasteiger charge is -2.34. The summed E-state index contributed by atoms with van der Waals surface area (Å²) in [6.07, 6.45) is 2.90. The zero-order valence-electron chi connectivity index (χ0n) is 18.6. The van der Waals surface area contributed by atoms with E-state index >= 15 is 0 Å². The fourth-order valence-electron chi connectivity index (χ4n) is 4.50. The lowest BCUT2D eigenvalue weighted by molar-refractivity contribution is 0.0644. The van der Waals surface area contributed by atoms with E-state index in [0.29, 0.717) is 23.6 Å². The Labute approximate surface area is 192 Å². The van der Waals surface area contributed by atoms with E-state index in [9.17, 15) is 9.90 Å². The molecule has 0 spiro atoms. The number of nitrogens with one attached hydrogen (secondary N) is 1. The summed E-state index contributed by atoms with van der Waals surface area (Å²) in [6.45, 7) is 5.96. The molecule has 1 saturated carbocycles. The maximum atomic E-state index is 11.9. The molecular formula is C25H28N2O4S. The second-order valence-corrected chi connectivity index (χ2v) is 8.68. The second kappa shape index (κ2) is 8.65. The molecule has 2 aromatic rings. The van der Waals surface area contributed by atoms with Gasteiger partial charge in [-0.3, -0.25) is 0 Å². The number of methoxy groups -OCH3 is 1. The molecule has 3 atom stereocenters. The molecule has 2 aliphatic rings. The Morgan fingerprint density at radius 3 is 2.56 bits per heavy atom. The number of aryl methyl sites for hydroxylation is 1. The van der Waals surface area contributed by atoms with E-state index in [2.05, 4.69) is 42.6 Å². The van der Waals surface area contributed by atoms with E-state index in [-0.39, 0.29) is 12.0 Å². The molecule has 2 unspecified atom stereocenters. The Bertz CT molecular complexity index is 1110. The maximum Gasteiger partial charge on any atom is 0.351 e. The topological polar surface area (TPSA) is 93.8 Å². The van der Waals surface area contributed by atoms with Gasteiger partial charge in [0.1, 0.15) is 29.6 Å². The van der Waals surface area contributed by atoms with Crippen LogP contribution < -0.4 is 10.5 Å². The van der Waals surface area contributed by atoms with E-state index < -0.39 is 11.6 Å². The predicted octanol–water partition coefficient (Wildman–Crippen LogP) is 5.07. The molecule has 0 aromatic heterocycles. The van der Waals surface area contributed by atoms with E-state index in [1.165, 1.54) is 11.1 Å². The highest BCUT2D eigenvalue weighted by molar-refractivity contribution is 7.92. The van der Waals surface area contributed by atoms with Crippen molar-refractivity contribution >= 4 is 23.8 Å². The predicted molar refractivity (Wildman–Crippen MR) is 126 cm³/mol. The molecule has 4 N–H and O–H groups in total. The maximum absolute atomic E-state index is 11.9. The Morgan fingerprint density at radius 2 is 2.00 bits per heavy atom. The Hall–Kier alpha value is -2.74. The number of allylic oxidation sites excluding steroid dienone is 2. The first-order valence-corrected chi connectivity index (χ1v) is 11.3. The van der Waals surface area contributed by atoms with Gasteiger partial charge in [-0.25, -0.2) is 9.93 Å². The quantitative estimate of drug-likeness (QED) is 0.399. The minimum atomic E-state index is -0.484. The number of aliphatic hydroxyl groups excluding tert-OH is 1. The van der Waals surface area contributed by atoms with E-state index in [1.807, 2.05) is 26.0 Å². The summed E-state index contributed by atoms with van der Waals surface area (Å²) < 4.78 is 10.7. The Kier molecular flexibility index (Phi) is 6.07. The van der Waals surface area contributed by atoms with Crippen molar-refractivity contribution < 1.29 is 18.8 Å². The molecule has 1 heterocycles. The number of hydrogen-bond donors (Lipinski definition) is 3. The summed E-state index contributed by atoms with van der Waals surface area (Å²) in [5.41, 5.74) is 6.03. The van der Waals surface area contributed by atoms with Crippen LogP contribution in [0.4, 0.5) is 0 Å². The van der Waals surface area contributed by atoms with Crippen LogP contribution >= 0.6 is 12.2 Å². The summed E-state index contributed by atoms with van der Waals surface area (Å²) in [5, 5.41) is 19.5.